The molecule has 0 unspecified atom stereocenters. The summed E-state index contributed by atoms with van der Waals surface area (Å²) >= 11 is 1.81. The van der Waals surface area contributed by atoms with Gasteiger partial charge in [0.1, 0.15) is 0 Å². The van der Waals surface area contributed by atoms with Gasteiger partial charge in [-0.3, -0.25) is 4.99 Å². The molecule has 0 aromatic carbocycles. The fourth-order valence-corrected chi connectivity index (χ4v) is 2.40. The topological polar surface area (TPSA) is 12.4 Å². The van der Waals surface area contributed by atoms with Crippen molar-refractivity contribution >= 4 is 18.1 Å². The molecule has 1 aliphatic rings. The fourth-order valence-electron chi connectivity index (χ4n) is 1.28. The van der Waals surface area contributed by atoms with Crippen molar-refractivity contribution in [3.05, 3.63) is 21.9 Å². The average Bonchev–Trinajstić information content (AvgIpc) is 2.70. The predicted molar refractivity (Wildman–Crippen MR) is 49.5 cm³/mol. The van der Waals surface area contributed by atoms with Gasteiger partial charge in [-0.25, -0.2) is 0 Å². The molecule has 11 heavy (non-hydrogen) atoms. The van der Waals surface area contributed by atoms with E-state index in [1.165, 1.54) is 23.3 Å². The number of hydrogen-bond donors (Lipinski definition) is 0. The van der Waals surface area contributed by atoms with Crippen LogP contribution in [0.25, 0.3) is 0 Å². The van der Waals surface area contributed by atoms with E-state index in [0.717, 1.165) is 0 Å². The molecule has 1 aliphatic carbocycles. The van der Waals surface area contributed by atoms with E-state index >= 15 is 0 Å². The van der Waals surface area contributed by atoms with Crippen molar-refractivity contribution in [1.29, 1.82) is 0 Å². The van der Waals surface area contributed by atoms with E-state index in [4.69, 9.17) is 0 Å². The van der Waals surface area contributed by atoms with Gasteiger partial charge < -0.3 is 0 Å². The van der Waals surface area contributed by atoms with E-state index in [9.17, 15) is 0 Å². The van der Waals surface area contributed by atoms with Gasteiger partial charge in [0.05, 0.1) is 5.54 Å². The van der Waals surface area contributed by atoms with Crippen LogP contribution in [0.4, 0.5) is 0 Å². The molecule has 0 saturated heterocycles. The minimum Gasteiger partial charge on any atom is -0.289 e. The van der Waals surface area contributed by atoms with Crippen LogP contribution in [0, 0.1) is 6.92 Å². The molecule has 2 rings (SSSR count). The van der Waals surface area contributed by atoms with Crippen LogP contribution in [-0.2, 0) is 5.54 Å². The molecule has 1 heterocycles. The summed E-state index contributed by atoms with van der Waals surface area (Å²) in [5, 5.41) is 2.18. The molecule has 1 fully saturated rings. The number of rotatable bonds is 2. The van der Waals surface area contributed by atoms with E-state index in [1.54, 1.807) is 0 Å². The molecule has 0 N–H and O–H groups in total. The zero-order valence-electron chi connectivity index (χ0n) is 6.63. The van der Waals surface area contributed by atoms with Crippen molar-refractivity contribution < 1.29 is 0 Å². The standard InChI is InChI=1S/C9H11NS/c1-7-5-8(11-6-7)9(10-2)3-4-9/h5-6H,2-4H2,1H3. The second-order valence-corrected chi connectivity index (χ2v) is 4.09. The maximum atomic E-state index is 4.18. The lowest BCUT2D eigenvalue weighted by molar-refractivity contribution is 0.769. The largest absolute Gasteiger partial charge is 0.289 e. The Morgan fingerprint density at radius 2 is 2.36 bits per heavy atom. The Hall–Kier alpha value is -0.630. The summed E-state index contributed by atoms with van der Waals surface area (Å²) in [6.45, 7) is 5.76. The summed E-state index contributed by atoms with van der Waals surface area (Å²) in [4.78, 5) is 5.57. The van der Waals surface area contributed by atoms with Gasteiger partial charge in [-0.2, -0.15) is 0 Å². The Balaban J connectivity index is 2.36. The fraction of sp³-hybridized carbons (Fsp3) is 0.444. The van der Waals surface area contributed by atoms with Crippen LogP contribution in [0.5, 0.6) is 0 Å². The van der Waals surface area contributed by atoms with Crippen LogP contribution in [0.15, 0.2) is 16.4 Å². The second-order valence-electron chi connectivity index (χ2n) is 3.18. The second kappa shape index (κ2) is 2.18. The van der Waals surface area contributed by atoms with Gasteiger partial charge in [-0.05, 0) is 43.5 Å². The molecular formula is C9H11NS. The number of thiophene rings is 1. The monoisotopic (exact) mass is 165 g/mol. The van der Waals surface area contributed by atoms with Crippen molar-refractivity contribution in [3.8, 4) is 0 Å². The zero-order chi connectivity index (χ0) is 7.90. The first-order chi connectivity index (χ1) is 5.27. The third kappa shape index (κ3) is 1.02. The van der Waals surface area contributed by atoms with Crippen LogP contribution in [0.3, 0.4) is 0 Å². The lowest BCUT2D eigenvalue weighted by Gasteiger charge is -2.03. The lowest BCUT2D eigenvalue weighted by Crippen LogP contribution is -1.97. The van der Waals surface area contributed by atoms with Crippen molar-refractivity contribution in [3.63, 3.8) is 0 Å². The third-order valence-electron chi connectivity index (χ3n) is 2.22. The Morgan fingerprint density at radius 3 is 2.73 bits per heavy atom. The highest BCUT2D eigenvalue weighted by atomic mass is 32.1. The van der Waals surface area contributed by atoms with Crippen molar-refractivity contribution in [2.24, 2.45) is 4.99 Å². The van der Waals surface area contributed by atoms with Crippen LogP contribution in [0.1, 0.15) is 23.3 Å². The van der Waals surface area contributed by atoms with E-state index in [-0.39, 0.29) is 5.54 Å². The summed E-state index contributed by atoms with van der Waals surface area (Å²) in [6, 6.07) is 2.23. The maximum absolute atomic E-state index is 4.18. The molecule has 0 aliphatic heterocycles. The molecule has 0 bridgehead atoms. The molecule has 0 spiro atoms. The number of aryl methyl sites for hydroxylation is 1. The van der Waals surface area contributed by atoms with Crippen LogP contribution < -0.4 is 0 Å². The number of aliphatic imine (C=N–C) groups is 1. The molecule has 1 aromatic rings. The van der Waals surface area contributed by atoms with Crippen molar-refractivity contribution in [2.75, 3.05) is 0 Å². The minimum atomic E-state index is 0.138. The molecule has 1 saturated carbocycles. The first kappa shape index (κ1) is 7.04. The van der Waals surface area contributed by atoms with Crippen LogP contribution in [-0.4, -0.2) is 6.72 Å². The Morgan fingerprint density at radius 1 is 1.64 bits per heavy atom. The van der Waals surface area contributed by atoms with E-state index < -0.39 is 0 Å². The van der Waals surface area contributed by atoms with Gasteiger partial charge in [0, 0.05) is 4.88 Å². The zero-order valence-corrected chi connectivity index (χ0v) is 7.45. The normalized spacial score (nSPS) is 19.7. The Labute approximate surface area is 70.8 Å². The SMILES string of the molecule is C=NC1(c2cc(C)cs2)CC1. The predicted octanol–water partition coefficient (Wildman–Crippen LogP) is 2.75. The van der Waals surface area contributed by atoms with Crippen molar-refractivity contribution in [2.45, 2.75) is 25.3 Å². The molecule has 2 heteroatoms. The first-order valence-corrected chi connectivity index (χ1v) is 4.68. The smallest absolute Gasteiger partial charge is 0.0942 e. The van der Waals surface area contributed by atoms with E-state index in [1.807, 2.05) is 11.3 Å². The molecular weight excluding hydrogens is 154 g/mol. The number of hydrogen-bond acceptors (Lipinski definition) is 2. The van der Waals surface area contributed by atoms with Gasteiger partial charge in [0.2, 0.25) is 0 Å². The molecule has 0 amide bonds. The summed E-state index contributed by atoms with van der Waals surface area (Å²) in [6.07, 6.45) is 2.38. The highest BCUT2D eigenvalue weighted by Gasteiger charge is 2.44. The Bertz CT molecular complexity index is 284. The van der Waals surface area contributed by atoms with Crippen molar-refractivity contribution in [1.82, 2.24) is 0 Å². The lowest BCUT2D eigenvalue weighted by atomic mass is 10.2. The summed E-state index contributed by atoms with van der Waals surface area (Å²) in [5.74, 6) is 0. The number of nitrogens with zero attached hydrogens (tertiary/aromatic N) is 1. The van der Waals surface area contributed by atoms with E-state index in [0.29, 0.717) is 0 Å². The first-order valence-electron chi connectivity index (χ1n) is 3.80. The Kier molecular flexibility index (Phi) is 1.39. The summed E-state index contributed by atoms with van der Waals surface area (Å²) < 4.78 is 0. The van der Waals surface area contributed by atoms with Gasteiger partial charge in [0.15, 0.2) is 0 Å². The quantitative estimate of drug-likeness (QED) is 0.597. The van der Waals surface area contributed by atoms with Crippen LogP contribution >= 0.6 is 11.3 Å². The third-order valence-corrected chi connectivity index (χ3v) is 3.46. The summed E-state index contributed by atoms with van der Waals surface area (Å²) in [7, 11) is 0. The molecule has 1 nitrogen and oxygen atoms in total. The molecule has 1 aromatic heterocycles. The molecule has 58 valence electrons. The van der Waals surface area contributed by atoms with Gasteiger partial charge in [-0.15, -0.1) is 11.3 Å². The van der Waals surface area contributed by atoms with Gasteiger partial charge in [-0.1, -0.05) is 0 Å². The molecule has 0 radical (unpaired) electrons. The highest BCUT2D eigenvalue weighted by Crippen LogP contribution is 2.51. The van der Waals surface area contributed by atoms with Gasteiger partial charge in [0.25, 0.3) is 0 Å². The molecule has 0 atom stereocenters. The summed E-state index contributed by atoms with van der Waals surface area (Å²) in [5.41, 5.74) is 1.48. The van der Waals surface area contributed by atoms with Crippen LogP contribution in [0.2, 0.25) is 0 Å². The van der Waals surface area contributed by atoms with E-state index in [2.05, 4.69) is 30.1 Å². The average molecular weight is 165 g/mol. The maximum Gasteiger partial charge on any atom is 0.0942 e. The highest BCUT2D eigenvalue weighted by molar-refractivity contribution is 7.10. The minimum absolute atomic E-state index is 0.138. The van der Waals surface area contributed by atoms with Gasteiger partial charge >= 0.3 is 0 Å².